The number of carbonyl (C=O) groups excluding carboxylic acids is 3. The van der Waals surface area contributed by atoms with E-state index in [4.69, 9.17) is 18.9 Å². The van der Waals surface area contributed by atoms with Crippen LogP contribution >= 0.6 is 0 Å². The summed E-state index contributed by atoms with van der Waals surface area (Å²) in [6, 6.07) is 0. The molecule has 0 saturated heterocycles. The Balaban J connectivity index is 4.20. The minimum Gasteiger partial charge on any atom is -0.545 e. The van der Waals surface area contributed by atoms with E-state index in [0.29, 0.717) is 23.9 Å². The minimum absolute atomic E-state index is 0.134. The van der Waals surface area contributed by atoms with Gasteiger partial charge in [0.1, 0.15) is 13.2 Å². The summed E-state index contributed by atoms with van der Waals surface area (Å²) in [4.78, 5) is 37.5. The highest BCUT2D eigenvalue weighted by Crippen LogP contribution is 2.15. The van der Waals surface area contributed by atoms with Gasteiger partial charge in [-0.15, -0.1) is 0 Å². The molecule has 0 radical (unpaired) electrons. The van der Waals surface area contributed by atoms with E-state index in [-0.39, 0.29) is 38.6 Å². The predicted molar refractivity (Wildman–Crippen MR) is 388 cm³/mol. The molecule has 91 heavy (non-hydrogen) atoms. The van der Waals surface area contributed by atoms with Crippen molar-refractivity contribution >= 4 is 17.9 Å². The second kappa shape index (κ2) is 70.0. The molecule has 0 aliphatic rings. The number of ether oxygens (including phenoxy) is 4. The van der Waals surface area contributed by atoms with Gasteiger partial charge in [0, 0.05) is 12.8 Å². The molecule has 9 nitrogen and oxygen atoms in total. The number of allylic oxidation sites excluding steroid dienone is 32. The summed E-state index contributed by atoms with van der Waals surface area (Å²) in [6.07, 6.45) is 105. The van der Waals surface area contributed by atoms with Gasteiger partial charge in [0.05, 0.1) is 40.3 Å². The number of unbranched alkanes of at least 4 members (excludes halogenated alkanes) is 16. The summed E-state index contributed by atoms with van der Waals surface area (Å²) in [5, 5.41) is 11.8. The van der Waals surface area contributed by atoms with Crippen molar-refractivity contribution in [1.29, 1.82) is 0 Å². The molecule has 0 spiro atoms. The van der Waals surface area contributed by atoms with E-state index in [9.17, 15) is 19.5 Å². The molecule has 0 aliphatic carbocycles. The topological polar surface area (TPSA) is 111 Å². The molecule has 0 heterocycles. The number of esters is 2. The van der Waals surface area contributed by atoms with Crippen LogP contribution in [0.15, 0.2) is 194 Å². The fraction of sp³-hybridized carbons (Fsp3) is 0.573. The molecular formula is C82H129NO8. The monoisotopic (exact) mass is 1260 g/mol. The lowest BCUT2D eigenvalue weighted by atomic mass is 10.0. The van der Waals surface area contributed by atoms with Crippen LogP contribution in [0.4, 0.5) is 0 Å². The molecule has 510 valence electrons. The van der Waals surface area contributed by atoms with Gasteiger partial charge in [-0.3, -0.25) is 9.59 Å². The molecule has 9 heteroatoms. The minimum atomic E-state index is -1.64. The van der Waals surface area contributed by atoms with E-state index in [2.05, 4.69) is 208 Å². The van der Waals surface area contributed by atoms with E-state index < -0.39 is 24.3 Å². The first kappa shape index (κ1) is 85.1. The molecule has 0 N–H and O–H groups in total. The molecule has 0 aromatic heterocycles. The van der Waals surface area contributed by atoms with Crippen LogP contribution in [0.3, 0.4) is 0 Å². The zero-order chi connectivity index (χ0) is 66.1. The van der Waals surface area contributed by atoms with Crippen molar-refractivity contribution in [1.82, 2.24) is 0 Å². The maximum Gasteiger partial charge on any atom is 0.306 e. The third-order valence-electron chi connectivity index (χ3n) is 14.3. The lowest BCUT2D eigenvalue weighted by molar-refractivity contribution is -0.870. The highest BCUT2D eigenvalue weighted by atomic mass is 16.7. The molecule has 0 fully saturated rings. The van der Waals surface area contributed by atoms with Crippen LogP contribution in [0, 0.1) is 0 Å². The first-order valence-corrected chi connectivity index (χ1v) is 35.6. The van der Waals surface area contributed by atoms with E-state index in [1.807, 2.05) is 21.1 Å². The van der Waals surface area contributed by atoms with E-state index in [1.165, 1.54) is 38.5 Å². The highest BCUT2D eigenvalue weighted by Gasteiger charge is 2.22. The van der Waals surface area contributed by atoms with Crippen molar-refractivity contribution in [3.63, 3.8) is 0 Å². The highest BCUT2D eigenvalue weighted by molar-refractivity contribution is 5.70. The third kappa shape index (κ3) is 71.4. The molecular weight excluding hydrogens is 1130 g/mol. The zero-order valence-corrected chi connectivity index (χ0v) is 58.1. The Morgan fingerprint density at radius 3 is 0.879 bits per heavy atom. The summed E-state index contributed by atoms with van der Waals surface area (Å²) in [5.74, 6) is -2.33. The van der Waals surface area contributed by atoms with Gasteiger partial charge in [0.2, 0.25) is 0 Å². The SMILES string of the molecule is CC/C=C\C/C=C\C/C=C\C/C=C\C/C=C\C/C=C\C/C=C\C/C=C\C/C=C\C/C=C\CCCCCCCCCCCCC(=O)OC(COC(=O)CCCCCCCC/C=C\C/C=C\C/C=C\C/C=C\C/C=C\C/C=C\CC)COC(OCC[N+](C)(C)C)C(=O)[O-]. The largest absolute Gasteiger partial charge is 0.545 e. The summed E-state index contributed by atoms with van der Waals surface area (Å²) in [5.41, 5.74) is 0. The summed E-state index contributed by atoms with van der Waals surface area (Å²) in [6.45, 7) is 4.48. The van der Waals surface area contributed by atoms with Gasteiger partial charge in [-0.05, 0) is 141 Å². The first-order chi connectivity index (χ1) is 44.6. The van der Waals surface area contributed by atoms with Gasteiger partial charge in [-0.25, -0.2) is 0 Å². The van der Waals surface area contributed by atoms with Crippen LogP contribution in [-0.4, -0.2) is 82.3 Å². The number of carboxylic acids is 1. The molecule has 2 unspecified atom stereocenters. The lowest BCUT2D eigenvalue weighted by Crippen LogP contribution is -2.44. The molecule has 0 aromatic rings. The van der Waals surface area contributed by atoms with E-state index in [1.54, 1.807) is 0 Å². The average molecular weight is 1260 g/mol. The maximum absolute atomic E-state index is 12.9. The van der Waals surface area contributed by atoms with Gasteiger partial charge in [-0.2, -0.15) is 0 Å². The Hall–Kier alpha value is -5.87. The Labute approximate surface area is 557 Å². The normalized spacial score (nSPS) is 13.9. The maximum atomic E-state index is 12.9. The number of hydrogen-bond acceptors (Lipinski definition) is 8. The van der Waals surface area contributed by atoms with Crippen molar-refractivity contribution < 1.29 is 42.9 Å². The fourth-order valence-electron chi connectivity index (χ4n) is 8.98. The molecule has 0 rings (SSSR count). The zero-order valence-electron chi connectivity index (χ0n) is 58.1. The van der Waals surface area contributed by atoms with Crippen LogP contribution in [-0.2, 0) is 33.3 Å². The smallest absolute Gasteiger partial charge is 0.306 e. The number of rotatable bonds is 63. The number of carbonyl (C=O) groups is 3. The standard InChI is InChI=1S/C82H129NO8/c1-6-8-10-12-14-16-18-20-22-24-26-28-30-32-33-34-35-36-37-38-39-40-41-42-43-44-45-46-47-49-51-53-55-57-59-61-63-65-67-69-71-73-80(85)91-78(77-90-82(81(86)87)88-75-74-83(3,4)5)76-89-79(84)72-70-68-66-64-62-60-58-56-54-52-50-48-31-29-27-25-23-21-19-17-15-13-11-9-7-2/h8-11,14-17,20-23,26-29,32-33,35-36,38-39,41-42,44-45,47-50,54,56,78,82H,6-7,12-13,18-19,24-25,30-31,34,37,40,43,46,51-53,55,57-77H2,1-5H3/b10-8-,11-9-,16-14-,17-15-,22-20-,23-21-,28-26-,29-27-,33-32-,36-35-,39-38-,42-41-,45-44-,49-47-,50-48-,56-54-. The Kier molecular flexibility index (Phi) is 65.5. The molecule has 0 bridgehead atoms. The summed E-state index contributed by atoms with van der Waals surface area (Å²) >= 11 is 0. The van der Waals surface area contributed by atoms with E-state index >= 15 is 0 Å². The second-order valence-corrected chi connectivity index (χ2v) is 24.1. The van der Waals surface area contributed by atoms with Crippen molar-refractivity contribution in [2.24, 2.45) is 0 Å². The van der Waals surface area contributed by atoms with Gasteiger partial charge in [0.25, 0.3) is 0 Å². The van der Waals surface area contributed by atoms with Crippen molar-refractivity contribution in [3.8, 4) is 0 Å². The predicted octanol–water partition coefficient (Wildman–Crippen LogP) is 21.2. The average Bonchev–Trinajstić information content (AvgIpc) is 3.53. The molecule has 2 atom stereocenters. The van der Waals surface area contributed by atoms with Gasteiger partial charge in [0.15, 0.2) is 12.4 Å². The van der Waals surface area contributed by atoms with Gasteiger partial charge < -0.3 is 33.3 Å². The molecule has 0 aromatic carbocycles. The van der Waals surface area contributed by atoms with Crippen LogP contribution in [0.2, 0.25) is 0 Å². The number of likely N-dealkylation sites (N-methyl/N-ethyl adjacent to an activating group) is 1. The number of hydrogen-bond donors (Lipinski definition) is 0. The van der Waals surface area contributed by atoms with Crippen molar-refractivity contribution in [2.45, 2.75) is 257 Å². The summed E-state index contributed by atoms with van der Waals surface area (Å²) < 4.78 is 22.8. The Morgan fingerprint density at radius 2 is 0.593 bits per heavy atom. The van der Waals surface area contributed by atoms with Crippen molar-refractivity contribution in [3.05, 3.63) is 194 Å². The van der Waals surface area contributed by atoms with Gasteiger partial charge >= 0.3 is 11.9 Å². The third-order valence-corrected chi connectivity index (χ3v) is 14.3. The Bertz CT molecular complexity index is 2200. The van der Waals surface area contributed by atoms with Gasteiger partial charge in [-0.1, -0.05) is 285 Å². The molecule has 0 aliphatic heterocycles. The second-order valence-electron chi connectivity index (χ2n) is 24.1. The number of nitrogens with zero attached hydrogens (tertiary/aromatic N) is 1. The van der Waals surface area contributed by atoms with Crippen LogP contribution in [0.5, 0.6) is 0 Å². The number of aliphatic carboxylic acids is 1. The van der Waals surface area contributed by atoms with Crippen LogP contribution in [0.25, 0.3) is 0 Å². The molecule has 0 amide bonds. The Morgan fingerprint density at radius 1 is 0.330 bits per heavy atom. The van der Waals surface area contributed by atoms with Crippen LogP contribution < -0.4 is 5.11 Å². The van der Waals surface area contributed by atoms with E-state index in [0.717, 1.165) is 167 Å². The van der Waals surface area contributed by atoms with Crippen LogP contribution in [0.1, 0.15) is 245 Å². The fourth-order valence-corrected chi connectivity index (χ4v) is 8.98. The number of carboxylic acid groups (broad SMARTS) is 1. The number of quaternary nitrogens is 1. The van der Waals surface area contributed by atoms with Crippen molar-refractivity contribution in [2.75, 3.05) is 47.5 Å². The summed E-state index contributed by atoms with van der Waals surface area (Å²) in [7, 11) is 5.91. The lowest BCUT2D eigenvalue weighted by Gasteiger charge is -2.26. The molecule has 0 saturated carbocycles. The first-order valence-electron chi connectivity index (χ1n) is 35.6. The quantitative estimate of drug-likeness (QED) is 0.0195.